The van der Waals surface area contributed by atoms with E-state index in [4.69, 9.17) is 23.9 Å². The lowest BCUT2D eigenvalue weighted by atomic mass is 10.1. The third-order valence-corrected chi connectivity index (χ3v) is 5.23. The Labute approximate surface area is 191 Å². The second kappa shape index (κ2) is 9.56. The number of pyridine rings is 2. The molecule has 0 radical (unpaired) electrons. The summed E-state index contributed by atoms with van der Waals surface area (Å²) in [6.07, 6.45) is 1.90. The maximum absolute atomic E-state index is 11.6. The number of hydrogen-bond donors (Lipinski definition) is 0. The SMILES string of the molecule is COC(=O)Cc1ccc(-c2nc(C)ccc2Oc2ccnc3cc(OC)c(OC)cc23)cc1. The van der Waals surface area contributed by atoms with E-state index in [9.17, 15) is 4.79 Å². The molecular formula is C26H24N2O5. The van der Waals surface area contributed by atoms with Gasteiger partial charge in [-0.15, -0.1) is 0 Å². The molecule has 168 valence electrons. The maximum Gasteiger partial charge on any atom is 0.309 e. The Balaban J connectivity index is 1.73. The molecule has 2 heterocycles. The lowest BCUT2D eigenvalue weighted by Crippen LogP contribution is -2.04. The summed E-state index contributed by atoms with van der Waals surface area (Å²) in [5.41, 5.74) is 4.02. The molecule has 0 bridgehead atoms. The maximum atomic E-state index is 11.6. The summed E-state index contributed by atoms with van der Waals surface area (Å²) in [4.78, 5) is 20.7. The number of esters is 1. The normalized spacial score (nSPS) is 10.7. The summed E-state index contributed by atoms with van der Waals surface area (Å²) in [5.74, 6) is 2.13. The van der Waals surface area contributed by atoms with Crippen molar-refractivity contribution in [3.8, 4) is 34.3 Å². The summed E-state index contributed by atoms with van der Waals surface area (Å²) in [5, 5.41) is 0.787. The van der Waals surface area contributed by atoms with Gasteiger partial charge in [-0.05, 0) is 36.8 Å². The minimum Gasteiger partial charge on any atom is -0.493 e. The van der Waals surface area contributed by atoms with E-state index < -0.39 is 0 Å². The molecule has 0 N–H and O–H groups in total. The van der Waals surface area contributed by atoms with Crippen LogP contribution in [0.15, 0.2) is 60.8 Å². The van der Waals surface area contributed by atoms with Gasteiger partial charge in [0, 0.05) is 28.9 Å². The topological polar surface area (TPSA) is 79.8 Å². The van der Waals surface area contributed by atoms with Gasteiger partial charge in [0.15, 0.2) is 17.2 Å². The van der Waals surface area contributed by atoms with Gasteiger partial charge < -0.3 is 18.9 Å². The zero-order valence-electron chi connectivity index (χ0n) is 18.9. The van der Waals surface area contributed by atoms with Gasteiger partial charge in [0.2, 0.25) is 0 Å². The van der Waals surface area contributed by atoms with Crippen LogP contribution in [0.3, 0.4) is 0 Å². The van der Waals surface area contributed by atoms with Crippen LogP contribution in [-0.4, -0.2) is 37.3 Å². The summed E-state index contributed by atoms with van der Waals surface area (Å²) in [6, 6.07) is 16.9. The van der Waals surface area contributed by atoms with E-state index in [1.165, 1.54) is 7.11 Å². The molecule has 0 spiro atoms. The number of hydrogen-bond acceptors (Lipinski definition) is 7. The molecule has 0 aliphatic heterocycles. The second-order valence-electron chi connectivity index (χ2n) is 7.38. The van der Waals surface area contributed by atoms with Gasteiger partial charge in [-0.2, -0.15) is 0 Å². The van der Waals surface area contributed by atoms with Crippen molar-refractivity contribution in [3.63, 3.8) is 0 Å². The lowest BCUT2D eigenvalue weighted by molar-refractivity contribution is -0.139. The van der Waals surface area contributed by atoms with Crippen LogP contribution < -0.4 is 14.2 Å². The molecule has 0 aliphatic rings. The standard InChI is InChI=1S/C26H24N2O5/c1-16-5-10-22(26(28-16)18-8-6-17(7-9-18)13-25(29)32-4)33-21-11-12-27-20-15-24(31-3)23(30-2)14-19(20)21/h5-12,14-15H,13H2,1-4H3. The Morgan fingerprint density at radius 3 is 2.27 bits per heavy atom. The Bertz CT molecular complexity index is 1300. The summed E-state index contributed by atoms with van der Waals surface area (Å²) >= 11 is 0. The minimum atomic E-state index is -0.280. The van der Waals surface area contributed by atoms with E-state index in [-0.39, 0.29) is 12.4 Å². The molecule has 0 aliphatic carbocycles. The van der Waals surface area contributed by atoms with Crippen molar-refractivity contribution < 1.29 is 23.7 Å². The minimum absolute atomic E-state index is 0.218. The largest absolute Gasteiger partial charge is 0.493 e. The number of carbonyl (C=O) groups is 1. The highest BCUT2D eigenvalue weighted by atomic mass is 16.5. The van der Waals surface area contributed by atoms with E-state index in [0.717, 1.165) is 27.7 Å². The van der Waals surface area contributed by atoms with E-state index in [0.29, 0.717) is 28.7 Å². The molecule has 7 nitrogen and oxygen atoms in total. The molecule has 2 aromatic heterocycles. The molecule has 33 heavy (non-hydrogen) atoms. The fourth-order valence-corrected chi connectivity index (χ4v) is 3.51. The molecule has 0 fully saturated rings. The Morgan fingerprint density at radius 1 is 0.848 bits per heavy atom. The van der Waals surface area contributed by atoms with Crippen LogP contribution in [0, 0.1) is 6.92 Å². The first kappa shape index (κ1) is 22.1. The zero-order valence-corrected chi connectivity index (χ0v) is 18.9. The molecular weight excluding hydrogens is 420 g/mol. The van der Waals surface area contributed by atoms with E-state index >= 15 is 0 Å². The molecule has 0 saturated heterocycles. The Kier molecular flexibility index (Phi) is 6.40. The highest BCUT2D eigenvalue weighted by molar-refractivity contribution is 5.88. The zero-order chi connectivity index (χ0) is 23.4. The Hall–Kier alpha value is -4.13. The van der Waals surface area contributed by atoms with Crippen molar-refractivity contribution in [2.75, 3.05) is 21.3 Å². The number of aryl methyl sites for hydroxylation is 1. The van der Waals surface area contributed by atoms with Crippen molar-refractivity contribution in [2.24, 2.45) is 0 Å². The number of methoxy groups -OCH3 is 3. The average Bonchev–Trinajstić information content (AvgIpc) is 2.84. The molecule has 2 aromatic carbocycles. The summed E-state index contributed by atoms with van der Waals surface area (Å²) in [7, 11) is 4.56. The predicted octanol–water partition coefficient (Wildman–Crippen LogP) is 5.13. The van der Waals surface area contributed by atoms with Crippen molar-refractivity contribution in [3.05, 3.63) is 72.1 Å². The predicted molar refractivity (Wildman–Crippen MR) is 125 cm³/mol. The smallest absolute Gasteiger partial charge is 0.309 e. The van der Waals surface area contributed by atoms with Crippen molar-refractivity contribution >= 4 is 16.9 Å². The first-order chi connectivity index (χ1) is 16.0. The van der Waals surface area contributed by atoms with Crippen LogP contribution in [0.25, 0.3) is 22.2 Å². The number of fused-ring (bicyclic) bond motifs is 1. The highest BCUT2D eigenvalue weighted by Gasteiger charge is 2.15. The van der Waals surface area contributed by atoms with Crippen LogP contribution >= 0.6 is 0 Å². The fourth-order valence-electron chi connectivity index (χ4n) is 3.51. The van der Waals surface area contributed by atoms with Gasteiger partial charge in [0.05, 0.1) is 33.3 Å². The molecule has 4 rings (SSSR count). The van der Waals surface area contributed by atoms with E-state index in [2.05, 4.69) is 4.98 Å². The quantitative estimate of drug-likeness (QED) is 0.366. The summed E-state index contributed by atoms with van der Waals surface area (Å²) < 4.78 is 21.9. The molecule has 0 atom stereocenters. The number of benzene rings is 2. The average molecular weight is 444 g/mol. The van der Waals surface area contributed by atoms with Crippen molar-refractivity contribution in [1.82, 2.24) is 9.97 Å². The molecule has 0 amide bonds. The first-order valence-corrected chi connectivity index (χ1v) is 10.3. The van der Waals surface area contributed by atoms with Gasteiger partial charge in [0.25, 0.3) is 0 Å². The third-order valence-electron chi connectivity index (χ3n) is 5.23. The fraction of sp³-hybridized carbons (Fsp3) is 0.192. The molecule has 4 aromatic rings. The summed E-state index contributed by atoms with van der Waals surface area (Å²) in [6.45, 7) is 1.93. The van der Waals surface area contributed by atoms with Gasteiger partial charge in [-0.25, -0.2) is 4.98 Å². The highest BCUT2D eigenvalue weighted by Crippen LogP contribution is 2.39. The van der Waals surface area contributed by atoms with Gasteiger partial charge in [-0.3, -0.25) is 9.78 Å². The Morgan fingerprint density at radius 2 is 1.58 bits per heavy atom. The number of rotatable bonds is 7. The molecule has 0 saturated carbocycles. The van der Waals surface area contributed by atoms with E-state index in [1.807, 2.05) is 55.5 Å². The lowest BCUT2D eigenvalue weighted by Gasteiger charge is -2.15. The number of nitrogens with zero attached hydrogens (tertiary/aromatic N) is 2. The number of aromatic nitrogens is 2. The number of carbonyl (C=O) groups excluding carboxylic acids is 1. The van der Waals surface area contributed by atoms with Gasteiger partial charge in [-0.1, -0.05) is 24.3 Å². The molecule has 0 unspecified atom stereocenters. The first-order valence-electron chi connectivity index (χ1n) is 10.3. The van der Waals surface area contributed by atoms with Gasteiger partial charge >= 0.3 is 5.97 Å². The van der Waals surface area contributed by atoms with Crippen LogP contribution in [0.2, 0.25) is 0 Å². The van der Waals surface area contributed by atoms with Crippen LogP contribution in [0.1, 0.15) is 11.3 Å². The van der Waals surface area contributed by atoms with Crippen molar-refractivity contribution in [1.29, 1.82) is 0 Å². The third kappa shape index (κ3) is 4.72. The second-order valence-corrected chi connectivity index (χ2v) is 7.38. The van der Waals surface area contributed by atoms with Crippen LogP contribution in [0.5, 0.6) is 23.0 Å². The monoisotopic (exact) mass is 444 g/mol. The van der Waals surface area contributed by atoms with E-state index in [1.54, 1.807) is 26.5 Å². The number of ether oxygens (including phenoxy) is 4. The molecule has 7 heteroatoms. The van der Waals surface area contributed by atoms with Crippen molar-refractivity contribution in [2.45, 2.75) is 13.3 Å². The van der Waals surface area contributed by atoms with Crippen LogP contribution in [0.4, 0.5) is 0 Å². The van der Waals surface area contributed by atoms with Crippen LogP contribution in [-0.2, 0) is 16.0 Å². The van der Waals surface area contributed by atoms with Gasteiger partial charge in [0.1, 0.15) is 11.4 Å².